The molecule has 2 saturated heterocycles. The molecule has 0 aliphatic carbocycles. The fourth-order valence-corrected chi connectivity index (χ4v) is 3.98. The van der Waals surface area contributed by atoms with Crippen LogP contribution in [0.25, 0.3) is 0 Å². The zero-order valence-corrected chi connectivity index (χ0v) is 14.7. The summed E-state index contributed by atoms with van der Waals surface area (Å²) in [5, 5.41) is 0. The molecule has 2 unspecified atom stereocenters. The van der Waals surface area contributed by atoms with E-state index in [1.54, 1.807) is 0 Å². The standard InChI is InChI=1S/C20H27NO4/c22-20(12-15-5-6-19-16(11-15)7-10-25-19)21(13-17-3-1-8-23-17)14-18-4-2-9-24-18/h5-6,11,17-18H,1-4,7-10,12-14H2. The molecule has 3 aliphatic heterocycles. The molecule has 0 aromatic heterocycles. The number of benzene rings is 1. The van der Waals surface area contributed by atoms with E-state index in [0.717, 1.165) is 63.2 Å². The van der Waals surface area contributed by atoms with Gasteiger partial charge in [-0.3, -0.25) is 4.79 Å². The van der Waals surface area contributed by atoms with Crippen LogP contribution in [-0.2, 0) is 27.1 Å². The molecule has 1 aromatic carbocycles. The lowest BCUT2D eigenvalue weighted by Crippen LogP contribution is -2.42. The second-order valence-corrected chi connectivity index (χ2v) is 7.29. The van der Waals surface area contributed by atoms with Gasteiger partial charge in [0.25, 0.3) is 0 Å². The highest BCUT2D eigenvalue weighted by Crippen LogP contribution is 2.26. The highest BCUT2D eigenvalue weighted by atomic mass is 16.5. The van der Waals surface area contributed by atoms with E-state index >= 15 is 0 Å². The Labute approximate surface area is 149 Å². The molecule has 1 aromatic rings. The summed E-state index contributed by atoms with van der Waals surface area (Å²) < 4.78 is 17.1. The van der Waals surface area contributed by atoms with Crippen molar-refractivity contribution in [3.05, 3.63) is 29.3 Å². The third-order valence-corrected chi connectivity index (χ3v) is 5.36. The first-order valence-electron chi connectivity index (χ1n) is 9.53. The Balaban J connectivity index is 1.42. The van der Waals surface area contributed by atoms with Gasteiger partial charge in [-0.1, -0.05) is 12.1 Å². The van der Waals surface area contributed by atoms with Crippen molar-refractivity contribution < 1.29 is 19.0 Å². The van der Waals surface area contributed by atoms with Crippen LogP contribution in [0.5, 0.6) is 5.75 Å². The van der Waals surface area contributed by atoms with E-state index in [-0.39, 0.29) is 18.1 Å². The molecule has 0 bridgehead atoms. The number of rotatable bonds is 6. The van der Waals surface area contributed by atoms with E-state index < -0.39 is 0 Å². The quantitative estimate of drug-likeness (QED) is 0.794. The molecule has 3 heterocycles. The maximum absolute atomic E-state index is 13.0. The monoisotopic (exact) mass is 345 g/mol. The van der Waals surface area contributed by atoms with Gasteiger partial charge in [0.05, 0.1) is 25.2 Å². The van der Waals surface area contributed by atoms with Crippen LogP contribution in [0, 0.1) is 0 Å². The lowest BCUT2D eigenvalue weighted by molar-refractivity contribution is -0.133. The van der Waals surface area contributed by atoms with Crippen molar-refractivity contribution in [1.29, 1.82) is 0 Å². The number of hydrogen-bond donors (Lipinski definition) is 0. The van der Waals surface area contributed by atoms with E-state index in [4.69, 9.17) is 14.2 Å². The number of carbonyl (C=O) groups is 1. The first-order valence-corrected chi connectivity index (χ1v) is 9.53. The third kappa shape index (κ3) is 4.15. The van der Waals surface area contributed by atoms with Gasteiger partial charge >= 0.3 is 0 Å². The smallest absolute Gasteiger partial charge is 0.227 e. The van der Waals surface area contributed by atoms with Crippen LogP contribution in [0.2, 0.25) is 0 Å². The van der Waals surface area contributed by atoms with Gasteiger partial charge in [-0.2, -0.15) is 0 Å². The molecule has 0 N–H and O–H groups in total. The fraction of sp³-hybridized carbons (Fsp3) is 0.650. The summed E-state index contributed by atoms with van der Waals surface area (Å²) in [6.07, 6.45) is 6.02. The van der Waals surface area contributed by atoms with Crippen molar-refractivity contribution in [2.45, 2.75) is 50.7 Å². The first kappa shape index (κ1) is 16.9. The predicted octanol–water partition coefficient (Wildman–Crippen LogP) is 2.35. The minimum Gasteiger partial charge on any atom is -0.493 e. The van der Waals surface area contributed by atoms with E-state index in [0.29, 0.717) is 19.5 Å². The van der Waals surface area contributed by atoms with Crippen LogP contribution >= 0.6 is 0 Å². The summed E-state index contributed by atoms with van der Waals surface area (Å²) in [4.78, 5) is 14.9. The van der Waals surface area contributed by atoms with Gasteiger partial charge in [0.2, 0.25) is 5.91 Å². The van der Waals surface area contributed by atoms with Crippen molar-refractivity contribution >= 4 is 5.91 Å². The summed E-state index contributed by atoms with van der Waals surface area (Å²) in [6.45, 7) is 3.76. The molecule has 0 spiro atoms. The van der Waals surface area contributed by atoms with Crippen molar-refractivity contribution in [3.63, 3.8) is 0 Å². The SMILES string of the molecule is O=C(Cc1ccc2c(c1)CCO2)N(CC1CCCO1)CC1CCCO1. The molecule has 4 rings (SSSR count). The molecule has 136 valence electrons. The van der Waals surface area contributed by atoms with Crippen molar-refractivity contribution in [2.75, 3.05) is 32.9 Å². The summed E-state index contributed by atoms with van der Waals surface area (Å²) in [5.74, 6) is 1.14. The van der Waals surface area contributed by atoms with Gasteiger partial charge in [0.1, 0.15) is 5.75 Å². The lowest BCUT2D eigenvalue weighted by atomic mass is 10.1. The molecular weight excluding hydrogens is 318 g/mol. The zero-order valence-electron chi connectivity index (χ0n) is 14.7. The number of amides is 1. The second kappa shape index (κ2) is 7.75. The van der Waals surface area contributed by atoms with E-state index in [9.17, 15) is 4.79 Å². The lowest BCUT2D eigenvalue weighted by Gasteiger charge is -2.28. The molecule has 25 heavy (non-hydrogen) atoms. The van der Waals surface area contributed by atoms with Crippen molar-refractivity contribution in [3.8, 4) is 5.75 Å². The topological polar surface area (TPSA) is 48.0 Å². The molecule has 0 saturated carbocycles. The summed E-state index contributed by atoms with van der Waals surface area (Å²) in [7, 11) is 0. The Hall–Kier alpha value is -1.59. The number of carbonyl (C=O) groups excluding carboxylic acids is 1. The van der Waals surface area contributed by atoms with Crippen LogP contribution in [0.3, 0.4) is 0 Å². The normalized spacial score (nSPS) is 25.0. The van der Waals surface area contributed by atoms with Crippen LogP contribution in [0.4, 0.5) is 0 Å². The molecular formula is C20H27NO4. The predicted molar refractivity (Wildman–Crippen MR) is 93.9 cm³/mol. The van der Waals surface area contributed by atoms with Crippen LogP contribution in [-0.4, -0.2) is 55.9 Å². The zero-order chi connectivity index (χ0) is 17.1. The molecule has 5 heteroatoms. The third-order valence-electron chi connectivity index (χ3n) is 5.36. The number of ether oxygens (including phenoxy) is 3. The molecule has 2 atom stereocenters. The van der Waals surface area contributed by atoms with E-state index in [1.165, 1.54) is 5.56 Å². The number of hydrogen-bond acceptors (Lipinski definition) is 4. The van der Waals surface area contributed by atoms with E-state index in [1.807, 2.05) is 17.0 Å². The summed E-state index contributed by atoms with van der Waals surface area (Å²) in [5.41, 5.74) is 2.29. The maximum atomic E-state index is 13.0. The number of nitrogens with zero attached hydrogens (tertiary/aromatic N) is 1. The highest BCUT2D eigenvalue weighted by Gasteiger charge is 2.27. The molecule has 2 fully saturated rings. The minimum atomic E-state index is 0.171. The highest BCUT2D eigenvalue weighted by molar-refractivity contribution is 5.79. The number of fused-ring (bicyclic) bond motifs is 1. The summed E-state index contributed by atoms with van der Waals surface area (Å²) >= 11 is 0. The Morgan fingerprint density at radius 2 is 1.76 bits per heavy atom. The second-order valence-electron chi connectivity index (χ2n) is 7.29. The average molecular weight is 345 g/mol. The van der Waals surface area contributed by atoms with Crippen LogP contribution in [0.15, 0.2) is 18.2 Å². The van der Waals surface area contributed by atoms with Gasteiger partial charge in [-0.05, 0) is 42.9 Å². The van der Waals surface area contributed by atoms with Crippen molar-refractivity contribution in [2.24, 2.45) is 0 Å². The van der Waals surface area contributed by atoms with Gasteiger partial charge in [0.15, 0.2) is 0 Å². The Kier molecular flexibility index (Phi) is 5.22. The fourth-order valence-electron chi connectivity index (χ4n) is 3.98. The average Bonchev–Trinajstić information content (AvgIpc) is 3.36. The molecule has 1 amide bonds. The largest absolute Gasteiger partial charge is 0.493 e. The Morgan fingerprint density at radius 1 is 1.04 bits per heavy atom. The minimum absolute atomic E-state index is 0.171. The van der Waals surface area contributed by atoms with Crippen LogP contribution in [0.1, 0.15) is 36.8 Å². The van der Waals surface area contributed by atoms with E-state index in [2.05, 4.69) is 6.07 Å². The van der Waals surface area contributed by atoms with Gasteiger partial charge in [0, 0.05) is 32.7 Å². The van der Waals surface area contributed by atoms with Crippen molar-refractivity contribution in [1.82, 2.24) is 4.90 Å². The maximum Gasteiger partial charge on any atom is 0.227 e. The molecule has 5 nitrogen and oxygen atoms in total. The van der Waals surface area contributed by atoms with Crippen LogP contribution < -0.4 is 4.74 Å². The first-order chi connectivity index (χ1) is 12.3. The Morgan fingerprint density at radius 3 is 2.40 bits per heavy atom. The summed E-state index contributed by atoms with van der Waals surface area (Å²) in [6, 6.07) is 6.13. The van der Waals surface area contributed by atoms with Gasteiger partial charge in [-0.15, -0.1) is 0 Å². The van der Waals surface area contributed by atoms with Gasteiger partial charge < -0.3 is 19.1 Å². The molecule has 3 aliphatic rings. The molecule has 0 radical (unpaired) electrons. The Bertz CT molecular complexity index is 588. The van der Waals surface area contributed by atoms with Gasteiger partial charge in [-0.25, -0.2) is 0 Å².